The molecule has 0 unspecified atom stereocenters. The molecule has 9 heteroatoms. The lowest BCUT2D eigenvalue weighted by Gasteiger charge is -2.32. The molecule has 0 spiro atoms. The molecule has 1 aromatic heterocycles. The van der Waals surface area contributed by atoms with Gasteiger partial charge in [0.1, 0.15) is 5.69 Å². The van der Waals surface area contributed by atoms with Crippen LogP contribution >= 0.6 is 0 Å². The van der Waals surface area contributed by atoms with Gasteiger partial charge >= 0.3 is 6.09 Å². The highest BCUT2D eigenvalue weighted by molar-refractivity contribution is 5.94. The van der Waals surface area contributed by atoms with Crippen molar-refractivity contribution >= 4 is 12.0 Å². The fourth-order valence-corrected chi connectivity index (χ4v) is 3.41. The molecule has 0 aromatic carbocycles. The molecule has 1 atom stereocenters. The molecule has 132 valence electrons. The van der Waals surface area contributed by atoms with Gasteiger partial charge in [0.25, 0.3) is 5.91 Å². The number of fused-ring (bicyclic) bond motifs is 3. The number of aliphatic hydroxyl groups excluding tert-OH is 1. The van der Waals surface area contributed by atoms with E-state index in [0.717, 1.165) is 11.3 Å². The van der Waals surface area contributed by atoms with Gasteiger partial charge in [-0.25, -0.2) is 9.80 Å². The number of hydrogen-bond donors (Lipinski definition) is 2. The Morgan fingerprint density at radius 1 is 1.38 bits per heavy atom. The zero-order chi connectivity index (χ0) is 17.4. The summed E-state index contributed by atoms with van der Waals surface area (Å²) in [4.78, 5) is 25.7. The van der Waals surface area contributed by atoms with Gasteiger partial charge in [-0.15, -0.1) is 0 Å². The molecule has 24 heavy (non-hydrogen) atoms. The summed E-state index contributed by atoms with van der Waals surface area (Å²) in [5, 5.41) is 26.4. The van der Waals surface area contributed by atoms with Crippen molar-refractivity contribution in [2.24, 2.45) is 0 Å². The minimum atomic E-state index is -0.980. The molecule has 0 saturated heterocycles. The smallest absolute Gasteiger partial charge is 0.407 e. The van der Waals surface area contributed by atoms with E-state index in [0.29, 0.717) is 38.2 Å². The molecule has 3 rings (SSSR count). The number of carboxylic acid groups (broad SMARTS) is 1. The van der Waals surface area contributed by atoms with E-state index in [2.05, 4.69) is 5.10 Å². The molecule has 2 amide bonds. The molecular formula is C15H23N5O4. The van der Waals surface area contributed by atoms with Gasteiger partial charge in [-0.1, -0.05) is 0 Å². The monoisotopic (exact) mass is 337 g/mol. The van der Waals surface area contributed by atoms with Gasteiger partial charge in [0, 0.05) is 44.8 Å². The topological polar surface area (TPSA) is 102 Å². The van der Waals surface area contributed by atoms with Crippen LogP contribution in [0.15, 0.2) is 0 Å². The molecule has 3 heterocycles. The number of carbonyl (C=O) groups is 2. The summed E-state index contributed by atoms with van der Waals surface area (Å²) in [7, 11) is 1.70. The lowest BCUT2D eigenvalue weighted by molar-refractivity contribution is 0.00512. The first-order valence-electron chi connectivity index (χ1n) is 8.16. The van der Waals surface area contributed by atoms with Crippen molar-refractivity contribution in [3.05, 3.63) is 17.0 Å². The molecule has 2 N–H and O–H groups in total. The van der Waals surface area contributed by atoms with Gasteiger partial charge < -0.3 is 15.1 Å². The number of aliphatic hydroxyl groups is 1. The summed E-state index contributed by atoms with van der Waals surface area (Å²) < 4.78 is 1.71. The lowest BCUT2D eigenvalue weighted by Crippen LogP contribution is -2.45. The Hall–Kier alpha value is -2.13. The minimum absolute atomic E-state index is 0.0734. The molecule has 9 nitrogen and oxygen atoms in total. The highest BCUT2D eigenvalue weighted by Gasteiger charge is 2.36. The van der Waals surface area contributed by atoms with E-state index >= 15 is 0 Å². The molecule has 0 aliphatic carbocycles. The summed E-state index contributed by atoms with van der Waals surface area (Å²) in [6.07, 6.45) is 0.127. The van der Waals surface area contributed by atoms with E-state index in [1.165, 1.54) is 4.90 Å². The zero-order valence-corrected chi connectivity index (χ0v) is 14.0. The number of aromatic nitrogens is 2. The maximum atomic E-state index is 12.9. The number of nitrogens with zero attached hydrogens (tertiary/aromatic N) is 5. The molecule has 0 fully saturated rings. The highest BCUT2D eigenvalue weighted by Crippen LogP contribution is 2.28. The first-order chi connectivity index (χ1) is 11.4. The molecule has 1 aromatic rings. The molecule has 2 aliphatic rings. The number of amides is 2. The van der Waals surface area contributed by atoms with E-state index in [-0.39, 0.29) is 25.1 Å². The van der Waals surface area contributed by atoms with Gasteiger partial charge in [0.2, 0.25) is 0 Å². The summed E-state index contributed by atoms with van der Waals surface area (Å²) in [5.74, 6) is -0.181. The Morgan fingerprint density at radius 2 is 2.12 bits per heavy atom. The summed E-state index contributed by atoms with van der Waals surface area (Å²) in [6.45, 7) is 3.89. The third-order valence-electron chi connectivity index (χ3n) is 4.79. The number of carbonyl (C=O) groups excluding carboxylic acids is 1. The third-order valence-corrected chi connectivity index (χ3v) is 4.79. The highest BCUT2D eigenvalue weighted by atomic mass is 16.4. The van der Waals surface area contributed by atoms with Crippen LogP contribution in [0.2, 0.25) is 0 Å². The summed E-state index contributed by atoms with van der Waals surface area (Å²) in [6, 6.07) is -0.150. The van der Waals surface area contributed by atoms with Crippen molar-refractivity contribution in [3.63, 3.8) is 0 Å². The Bertz CT molecular complexity index is 659. The number of hydrazine groups is 1. The quantitative estimate of drug-likeness (QED) is 0.804. The van der Waals surface area contributed by atoms with Crippen molar-refractivity contribution in [1.29, 1.82) is 0 Å². The van der Waals surface area contributed by atoms with Gasteiger partial charge in [0.15, 0.2) is 0 Å². The standard InChI is InChI=1S/C15H23N5O4/c1-10-8-12-11(9-19(10)15(23)24)13-14(22)17(2)18(4-3-7-21)5-6-20(13)16-12/h10,21H,3-9H2,1-2H3,(H,23,24)/t10-/m1/s1. The lowest BCUT2D eigenvalue weighted by atomic mass is 10.00. The summed E-state index contributed by atoms with van der Waals surface area (Å²) in [5.41, 5.74) is 2.02. The van der Waals surface area contributed by atoms with Crippen LogP contribution < -0.4 is 0 Å². The van der Waals surface area contributed by atoms with E-state index in [4.69, 9.17) is 5.11 Å². The average Bonchev–Trinajstić information content (AvgIpc) is 2.84. The van der Waals surface area contributed by atoms with Crippen molar-refractivity contribution in [2.75, 3.05) is 26.7 Å². The summed E-state index contributed by atoms with van der Waals surface area (Å²) >= 11 is 0. The Balaban J connectivity index is 1.92. The Labute approximate surface area is 140 Å². The Kier molecular flexibility index (Phi) is 4.46. The minimum Gasteiger partial charge on any atom is -0.465 e. The molecule has 0 saturated carbocycles. The van der Waals surface area contributed by atoms with Crippen LogP contribution in [0, 0.1) is 0 Å². The van der Waals surface area contributed by atoms with Crippen LogP contribution in [0.1, 0.15) is 35.1 Å². The Morgan fingerprint density at radius 3 is 2.79 bits per heavy atom. The first-order valence-corrected chi connectivity index (χ1v) is 8.16. The predicted octanol–water partition coefficient (Wildman–Crippen LogP) is -0.00730. The van der Waals surface area contributed by atoms with Crippen molar-refractivity contribution in [2.45, 2.75) is 38.9 Å². The van der Waals surface area contributed by atoms with E-state index in [1.807, 2.05) is 11.9 Å². The van der Waals surface area contributed by atoms with Crippen LogP contribution in [0.3, 0.4) is 0 Å². The third kappa shape index (κ3) is 2.73. The SMILES string of the molecule is C[C@@H]1Cc2nn3c(c2CN1C(=O)O)C(=O)N(C)N(CCCO)CC3. The first kappa shape index (κ1) is 16.7. The van der Waals surface area contributed by atoms with Gasteiger partial charge in [0.05, 0.1) is 18.8 Å². The van der Waals surface area contributed by atoms with E-state index < -0.39 is 6.09 Å². The van der Waals surface area contributed by atoms with Crippen LogP contribution in [-0.4, -0.2) is 79.7 Å². The second-order valence-corrected chi connectivity index (χ2v) is 6.32. The van der Waals surface area contributed by atoms with E-state index in [1.54, 1.807) is 16.7 Å². The second kappa shape index (κ2) is 6.40. The van der Waals surface area contributed by atoms with E-state index in [9.17, 15) is 14.7 Å². The fraction of sp³-hybridized carbons (Fsp3) is 0.667. The van der Waals surface area contributed by atoms with Crippen LogP contribution in [0.25, 0.3) is 0 Å². The molecular weight excluding hydrogens is 314 g/mol. The van der Waals surface area contributed by atoms with Crippen LogP contribution in [0.5, 0.6) is 0 Å². The molecule has 2 aliphatic heterocycles. The maximum absolute atomic E-state index is 12.9. The normalized spacial score (nSPS) is 21.5. The predicted molar refractivity (Wildman–Crippen MR) is 84.3 cm³/mol. The van der Waals surface area contributed by atoms with Gasteiger partial charge in [-0.05, 0) is 13.3 Å². The second-order valence-electron chi connectivity index (χ2n) is 6.32. The number of rotatable bonds is 3. The fourth-order valence-electron chi connectivity index (χ4n) is 3.41. The van der Waals surface area contributed by atoms with Crippen LogP contribution in [0.4, 0.5) is 4.79 Å². The average molecular weight is 337 g/mol. The van der Waals surface area contributed by atoms with Crippen molar-refractivity contribution in [1.82, 2.24) is 24.7 Å². The molecule has 0 radical (unpaired) electrons. The maximum Gasteiger partial charge on any atom is 0.407 e. The van der Waals surface area contributed by atoms with Crippen LogP contribution in [-0.2, 0) is 19.5 Å². The largest absolute Gasteiger partial charge is 0.465 e. The van der Waals surface area contributed by atoms with Crippen molar-refractivity contribution in [3.8, 4) is 0 Å². The zero-order valence-electron chi connectivity index (χ0n) is 14.0. The van der Waals surface area contributed by atoms with Crippen molar-refractivity contribution < 1.29 is 19.8 Å². The van der Waals surface area contributed by atoms with Gasteiger partial charge in [-0.2, -0.15) is 5.10 Å². The molecule has 0 bridgehead atoms. The number of hydrogen-bond acceptors (Lipinski definition) is 5. The van der Waals surface area contributed by atoms with Gasteiger partial charge in [-0.3, -0.25) is 14.5 Å².